The minimum Gasteiger partial charge on any atom is -0.373 e. The van der Waals surface area contributed by atoms with Gasteiger partial charge in [-0.3, -0.25) is 4.79 Å². The van der Waals surface area contributed by atoms with Gasteiger partial charge in [0, 0.05) is 32.6 Å². The Morgan fingerprint density at radius 3 is 2.41 bits per heavy atom. The lowest BCUT2D eigenvalue weighted by atomic mass is 9.82. The molecule has 0 aromatic rings. The molecule has 2 atom stereocenters. The van der Waals surface area contributed by atoms with Gasteiger partial charge < -0.3 is 19.4 Å². The van der Waals surface area contributed by atoms with Crippen LogP contribution < -0.4 is 0 Å². The molecule has 3 heterocycles. The molecule has 3 aliphatic heterocycles. The van der Waals surface area contributed by atoms with Gasteiger partial charge in [-0.25, -0.2) is 0 Å². The largest absolute Gasteiger partial charge is 0.373 e. The average Bonchev–Trinajstić information content (AvgIpc) is 2.69. The van der Waals surface area contributed by atoms with Crippen LogP contribution in [-0.2, 0) is 9.53 Å². The van der Waals surface area contributed by atoms with Crippen LogP contribution in [0.25, 0.3) is 0 Å². The molecule has 0 aromatic heterocycles. The van der Waals surface area contributed by atoms with Gasteiger partial charge in [0.05, 0.1) is 12.7 Å². The summed E-state index contributed by atoms with van der Waals surface area (Å²) in [6.07, 6.45) is 8.30. The summed E-state index contributed by atoms with van der Waals surface area (Å²) in [6.45, 7) is 14.6. The lowest BCUT2D eigenvalue weighted by Gasteiger charge is -2.43. The number of carbonyl (C=O) groups excluding carboxylic acids is 1. The molecule has 0 bridgehead atoms. The molecule has 0 aromatic carbocycles. The second-order valence-corrected chi connectivity index (χ2v) is 9.13. The highest BCUT2D eigenvalue weighted by atomic mass is 16.5. The number of rotatable bonds is 6. The van der Waals surface area contributed by atoms with Gasteiger partial charge in [-0.15, -0.1) is 0 Å². The third kappa shape index (κ3) is 5.91. The summed E-state index contributed by atoms with van der Waals surface area (Å²) < 4.78 is 5.91. The van der Waals surface area contributed by atoms with Crippen LogP contribution in [0, 0.1) is 11.8 Å². The number of amides is 1. The molecular weight excluding hydrogens is 338 g/mol. The predicted octanol–water partition coefficient (Wildman–Crippen LogP) is 2.85. The topological polar surface area (TPSA) is 36.0 Å². The summed E-state index contributed by atoms with van der Waals surface area (Å²) in [5.74, 6) is 2.04. The van der Waals surface area contributed by atoms with E-state index in [2.05, 4.69) is 23.6 Å². The molecule has 1 amide bonds. The minimum atomic E-state index is 0.179. The number of morpholine rings is 1. The van der Waals surface area contributed by atoms with E-state index in [1.807, 2.05) is 4.90 Å². The zero-order valence-corrected chi connectivity index (χ0v) is 17.9. The molecule has 156 valence electrons. The third-order valence-electron chi connectivity index (χ3n) is 7.24. The van der Waals surface area contributed by atoms with Crippen molar-refractivity contribution in [3.8, 4) is 0 Å². The minimum absolute atomic E-state index is 0.179. The van der Waals surface area contributed by atoms with Crippen molar-refractivity contribution in [2.75, 3.05) is 52.4 Å². The number of carbonyl (C=O) groups is 1. The third-order valence-corrected chi connectivity index (χ3v) is 7.24. The molecule has 0 spiro atoms. The first-order valence-electron chi connectivity index (χ1n) is 11.4. The first kappa shape index (κ1) is 21.1. The van der Waals surface area contributed by atoms with E-state index >= 15 is 0 Å². The Morgan fingerprint density at radius 2 is 1.78 bits per heavy atom. The average molecular weight is 380 g/mol. The Hall–Kier alpha value is -0.650. The SMILES string of the molecule is CCCC(C)C1CCN(C2CCN(C[C@H]3CN(C(C)=O)CCO3)CC2)CC1. The summed E-state index contributed by atoms with van der Waals surface area (Å²) in [7, 11) is 0. The Bertz CT molecular complexity index is 456. The maximum atomic E-state index is 11.6. The molecule has 3 aliphatic rings. The van der Waals surface area contributed by atoms with Gasteiger partial charge in [0.1, 0.15) is 0 Å². The maximum Gasteiger partial charge on any atom is 0.219 e. The fourth-order valence-corrected chi connectivity index (χ4v) is 5.42. The highest BCUT2D eigenvalue weighted by Crippen LogP contribution is 2.30. The van der Waals surface area contributed by atoms with Gasteiger partial charge >= 0.3 is 0 Å². The van der Waals surface area contributed by atoms with Gasteiger partial charge in [-0.05, 0) is 63.7 Å². The van der Waals surface area contributed by atoms with Gasteiger partial charge in [-0.2, -0.15) is 0 Å². The molecule has 3 rings (SSSR count). The Labute approximate surface area is 166 Å². The van der Waals surface area contributed by atoms with E-state index in [1.54, 1.807) is 6.92 Å². The van der Waals surface area contributed by atoms with Crippen LogP contribution in [0.4, 0.5) is 0 Å². The van der Waals surface area contributed by atoms with Gasteiger partial charge in [0.15, 0.2) is 0 Å². The van der Waals surface area contributed by atoms with Crippen molar-refractivity contribution >= 4 is 5.91 Å². The normalized spacial score (nSPS) is 28.4. The van der Waals surface area contributed by atoms with Crippen LogP contribution >= 0.6 is 0 Å². The van der Waals surface area contributed by atoms with Crippen LogP contribution in [0.15, 0.2) is 0 Å². The summed E-state index contributed by atoms with van der Waals surface area (Å²) >= 11 is 0. The fraction of sp³-hybridized carbons (Fsp3) is 0.955. The van der Waals surface area contributed by atoms with Crippen LogP contribution in [0.2, 0.25) is 0 Å². The Morgan fingerprint density at radius 1 is 1.07 bits per heavy atom. The molecule has 5 nitrogen and oxygen atoms in total. The standard InChI is InChI=1S/C22H41N3O2/c1-4-5-18(2)20-6-12-24(13-7-20)21-8-10-23(11-9-21)16-22-17-25(19(3)26)14-15-27-22/h18,20-22H,4-17H2,1-3H3/t18?,22-/m0/s1. The Balaban J connectivity index is 1.36. The van der Waals surface area contributed by atoms with Crippen molar-refractivity contribution in [1.82, 2.24) is 14.7 Å². The number of likely N-dealkylation sites (tertiary alicyclic amines) is 2. The molecule has 0 saturated carbocycles. The number of hydrogen-bond acceptors (Lipinski definition) is 4. The summed E-state index contributed by atoms with van der Waals surface area (Å²) in [5.41, 5.74) is 0. The highest BCUT2D eigenvalue weighted by molar-refractivity contribution is 5.73. The maximum absolute atomic E-state index is 11.6. The first-order chi connectivity index (χ1) is 13.1. The van der Waals surface area contributed by atoms with E-state index < -0.39 is 0 Å². The zero-order valence-electron chi connectivity index (χ0n) is 17.9. The molecule has 0 N–H and O–H groups in total. The molecule has 0 aliphatic carbocycles. The summed E-state index contributed by atoms with van der Waals surface area (Å²) in [4.78, 5) is 18.9. The van der Waals surface area contributed by atoms with Crippen LogP contribution in [0.5, 0.6) is 0 Å². The van der Waals surface area contributed by atoms with Crippen LogP contribution in [0.1, 0.15) is 59.3 Å². The number of piperidine rings is 2. The van der Waals surface area contributed by atoms with Crippen molar-refractivity contribution in [2.45, 2.75) is 71.4 Å². The second-order valence-electron chi connectivity index (χ2n) is 9.13. The fourth-order valence-electron chi connectivity index (χ4n) is 5.42. The lowest BCUT2D eigenvalue weighted by Crippen LogP contribution is -2.52. The van der Waals surface area contributed by atoms with Crippen molar-refractivity contribution in [3.63, 3.8) is 0 Å². The predicted molar refractivity (Wildman–Crippen MR) is 110 cm³/mol. The number of nitrogens with zero attached hydrogens (tertiary/aromatic N) is 3. The molecular formula is C22H41N3O2. The van der Waals surface area contributed by atoms with E-state index in [-0.39, 0.29) is 12.0 Å². The monoisotopic (exact) mass is 379 g/mol. The molecule has 5 heteroatoms. The first-order valence-corrected chi connectivity index (χ1v) is 11.4. The molecule has 0 radical (unpaired) electrons. The van der Waals surface area contributed by atoms with Gasteiger partial charge in [0.2, 0.25) is 5.91 Å². The molecule has 3 fully saturated rings. The van der Waals surface area contributed by atoms with Crippen molar-refractivity contribution in [1.29, 1.82) is 0 Å². The van der Waals surface area contributed by atoms with Crippen molar-refractivity contribution < 1.29 is 9.53 Å². The van der Waals surface area contributed by atoms with Gasteiger partial charge in [-0.1, -0.05) is 26.7 Å². The highest BCUT2D eigenvalue weighted by Gasteiger charge is 2.31. The van der Waals surface area contributed by atoms with Crippen molar-refractivity contribution in [2.24, 2.45) is 11.8 Å². The van der Waals surface area contributed by atoms with E-state index in [9.17, 15) is 4.79 Å². The zero-order chi connectivity index (χ0) is 19.2. The van der Waals surface area contributed by atoms with E-state index in [4.69, 9.17) is 4.74 Å². The van der Waals surface area contributed by atoms with Crippen LogP contribution in [-0.4, -0.2) is 85.2 Å². The molecule has 1 unspecified atom stereocenters. The Kier molecular flexibility index (Phi) is 7.97. The smallest absolute Gasteiger partial charge is 0.219 e. The van der Waals surface area contributed by atoms with E-state index in [0.717, 1.165) is 37.5 Å². The van der Waals surface area contributed by atoms with E-state index in [1.165, 1.54) is 64.7 Å². The second kappa shape index (κ2) is 10.2. The quantitative estimate of drug-likeness (QED) is 0.711. The molecule has 27 heavy (non-hydrogen) atoms. The number of ether oxygens (including phenoxy) is 1. The van der Waals surface area contributed by atoms with Gasteiger partial charge in [0.25, 0.3) is 0 Å². The summed E-state index contributed by atoms with van der Waals surface area (Å²) in [5, 5.41) is 0. The van der Waals surface area contributed by atoms with E-state index in [0.29, 0.717) is 6.61 Å². The van der Waals surface area contributed by atoms with Crippen molar-refractivity contribution in [3.05, 3.63) is 0 Å². The van der Waals surface area contributed by atoms with Crippen LogP contribution in [0.3, 0.4) is 0 Å². The molecule has 3 saturated heterocycles. The summed E-state index contributed by atoms with van der Waals surface area (Å²) in [6, 6.07) is 0.782. The number of hydrogen-bond donors (Lipinski definition) is 0. The lowest BCUT2D eigenvalue weighted by molar-refractivity contribution is -0.137.